The first-order valence-electron chi connectivity index (χ1n) is 13.1. The van der Waals surface area contributed by atoms with Gasteiger partial charge in [-0.3, -0.25) is 4.79 Å². The number of nitrogens with one attached hydrogen (secondary N) is 1. The summed E-state index contributed by atoms with van der Waals surface area (Å²) in [5.74, 6) is -2.82. The Balaban J connectivity index is 0.00000529. The number of hydrogen-bond acceptors (Lipinski definition) is 9. The fourth-order valence-electron chi connectivity index (χ4n) is 4.24. The van der Waals surface area contributed by atoms with Crippen molar-refractivity contribution in [2.45, 2.75) is 51.6 Å². The third kappa shape index (κ3) is 8.55. The topological polar surface area (TPSA) is 143 Å². The minimum Gasteiger partial charge on any atom is -1.00 e. The Morgan fingerprint density at radius 2 is 1.93 bits per heavy atom. The lowest BCUT2D eigenvalue weighted by Gasteiger charge is -2.32. The number of hydrogen-bond donors (Lipinski definition) is 2. The quantitative estimate of drug-likeness (QED) is 0.131. The highest BCUT2D eigenvalue weighted by Crippen LogP contribution is 2.41. The van der Waals surface area contributed by atoms with E-state index in [1.807, 2.05) is 0 Å². The summed E-state index contributed by atoms with van der Waals surface area (Å²) in [6.07, 6.45) is 2.03. The standard InChI is InChI=1S/C29H28F2N6O5S.HI/c1-18(12-41-20(3)38)34-28(39)42-17-36-15-33-37(16-36)14-29(40,24-10-23(30)8-9-25(24)31)19(2)27-35-26(13-43-27)22-6-4-21(11-32)5-7-22;/h4-10,13,15-16,18-19,40H,12,14,17H2,1-3H3;1H/t18?,19-,29+;/m0./s1. The van der Waals surface area contributed by atoms with Crippen LogP contribution >= 0.6 is 11.3 Å². The van der Waals surface area contributed by atoms with E-state index in [2.05, 4.69) is 21.5 Å². The van der Waals surface area contributed by atoms with Crippen LogP contribution in [0, 0.1) is 23.0 Å². The van der Waals surface area contributed by atoms with Crippen molar-refractivity contribution in [2.24, 2.45) is 0 Å². The lowest BCUT2D eigenvalue weighted by Crippen LogP contribution is -3.00. The number of carbonyl (C=O) groups is 2. The zero-order valence-corrected chi connectivity index (χ0v) is 26.9. The number of nitrogens with zero attached hydrogens (tertiary/aromatic N) is 5. The maximum absolute atomic E-state index is 15.1. The van der Waals surface area contributed by atoms with Crippen LogP contribution in [0.1, 0.15) is 42.8 Å². The van der Waals surface area contributed by atoms with E-state index in [1.54, 1.807) is 43.5 Å². The van der Waals surface area contributed by atoms with Crippen LogP contribution in [0.2, 0.25) is 0 Å². The van der Waals surface area contributed by atoms with Crippen LogP contribution in [-0.2, 0) is 33.1 Å². The molecule has 1 amide bonds. The smallest absolute Gasteiger partial charge is 0.410 e. The molecule has 44 heavy (non-hydrogen) atoms. The van der Waals surface area contributed by atoms with Crippen LogP contribution in [0.4, 0.5) is 13.6 Å². The van der Waals surface area contributed by atoms with Gasteiger partial charge < -0.3 is 43.9 Å². The molecule has 0 fully saturated rings. The maximum Gasteiger partial charge on any atom is 0.410 e. The van der Waals surface area contributed by atoms with Crippen LogP contribution in [0.5, 0.6) is 0 Å². The Hall–Kier alpha value is -4.01. The maximum atomic E-state index is 15.1. The monoisotopic (exact) mass is 738 g/mol. The number of aliphatic hydroxyl groups is 1. The van der Waals surface area contributed by atoms with Gasteiger partial charge in [0.25, 0.3) is 6.33 Å². The Labute approximate surface area is 273 Å². The summed E-state index contributed by atoms with van der Waals surface area (Å²) in [5, 5.41) is 30.1. The molecule has 11 nitrogen and oxygen atoms in total. The molecule has 0 saturated heterocycles. The number of thiazole rings is 1. The SMILES string of the molecule is CC(=O)OCC(C)NC(=O)OC[n+]1cnn(C[C@](O)(c2cc(F)ccc2F)[C@@H](C)c2nc(-c3ccc(C#N)cc3)cs2)c1.[I-]. The number of rotatable bonds is 11. The van der Waals surface area contributed by atoms with E-state index in [4.69, 9.17) is 14.7 Å². The predicted octanol–water partition coefficient (Wildman–Crippen LogP) is 0.775. The molecule has 0 saturated carbocycles. The third-order valence-corrected chi connectivity index (χ3v) is 7.62. The van der Waals surface area contributed by atoms with Gasteiger partial charge in [0.05, 0.1) is 28.4 Å². The van der Waals surface area contributed by atoms with E-state index >= 15 is 4.39 Å². The van der Waals surface area contributed by atoms with E-state index in [1.165, 1.54) is 40.2 Å². The van der Waals surface area contributed by atoms with Gasteiger partial charge in [0.1, 0.15) is 30.4 Å². The van der Waals surface area contributed by atoms with Crippen molar-refractivity contribution in [3.05, 3.63) is 88.3 Å². The second-order valence-electron chi connectivity index (χ2n) is 9.90. The molecule has 2 aromatic carbocycles. The fraction of sp³-hybridized carbons (Fsp3) is 0.310. The average molecular weight is 739 g/mol. The molecule has 4 aromatic rings. The fourth-order valence-corrected chi connectivity index (χ4v) is 5.21. The molecule has 0 aliphatic heterocycles. The zero-order valence-electron chi connectivity index (χ0n) is 23.9. The molecule has 4 rings (SSSR count). The minimum atomic E-state index is -2.00. The number of esters is 1. The average Bonchev–Trinajstić information content (AvgIpc) is 3.66. The Morgan fingerprint density at radius 1 is 1.20 bits per heavy atom. The molecule has 2 aromatic heterocycles. The number of aromatic nitrogens is 4. The highest BCUT2D eigenvalue weighted by atomic mass is 127. The molecule has 2 N–H and O–H groups in total. The molecule has 3 atom stereocenters. The van der Waals surface area contributed by atoms with E-state index in [0.29, 0.717) is 16.3 Å². The van der Waals surface area contributed by atoms with E-state index in [0.717, 1.165) is 23.8 Å². The van der Waals surface area contributed by atoms with Gasteiger partial charge in [0.2, 0.25) is 13.1 Å². The van der Waals surface area contributed by atoms with Gasteiger partial charge in [-0.2, -0.15) is 5.26 Å². The lowest BCUT2D eigenvalue weighted by molar-refractivity contribution is -0.728. The molecule has 0 radical (unpaired) electrons. The van der Waals surface area contributed by atoms with Crippen molar-refractivity contribution < 1.29 is 61.5 Å². The molecule has 2 heterocycles. The zero-order chi connectivity index (χ0) is 31.1. The van der Waals surface area contributed by atoms with Crippen LogP contribution in [0.15, 0.2) is 60.5 Å². The van der Waals surface area contributed by atoms with E-state index < -0.39 is 41.3 Å². The summed E-state index contributed by atoms with van der Waals surface area (Å²) in [4.78, 5) is 27.7. The predicted molar refractivity (Wildman–Crippen MR) is 149 cm³/mol. The van der Waals surface area contributed by atoms with Gasteiger partial charge >= 0.3 is 12.1 Å². The largest absolute Gasteiger partial charge is 1.00 e. The van der Waals surface area contributed by atoms with Gasteiger partial charge in [0, 0.05) is 34.4 Å². The molecule has 15 heteroatoms. The number of nitriles is 1. The molecular weight excluding hydrogens is 709 g/mol. The van der Waals surface area contributed by atoms with Crippen LogP contribution in [0.25, 0.3) is 11.3 Å². The van der Waals surface area contributed by atoms with E-state index in [-0.39, 0.29) is 49.4 Å². The number of ether oxygens (including phenoxy) is 2. The lowest BCUT2D eigenvalue weighted by atomic mass is 9.82. The first-order valence-corrected chi connectivity index (χ1v) is 14.0. The summed E-state index contributed by atoms with van der Waals surface area (Å²) >= 11 is 1.25. The molecule has 1 unspecified atom stereocenters. The summed E-state index contributed by atoms with van der Waals surface area (Å²) < 4.78 is 42.1. The number of halogens is 3. The highest BCUT2D eigenvalue weighted by molar-refractivity contribution is 7.10. The second kappa shape index (κ2) is 15.1. The molecular formula is C29H29F2IN6O5S. The normalized spacial score (nSPS) is 13.5. The molecule has 0 aliphatic carbocycles. The first-order chi connectivity index (χ1) is 20.5. The highest BCUT2D eigenvalue weighted by Gasteiger charge is 2.43. The van der Waals surface area contributed by atoms with E-state index in [9.17, 15) is 19.1 Å². The van der Waals surface area contributed by atoms with Crippen molar-refractivity contribution >= 4 is 23.4 Å². The summed E-state index contributed by atoms with van der Waals surface area (Å²) in [7, 11) is 0. The summed E-state index contributed by atoms with van der Waals surface area (Å²) in [6.45, 7) is 4.01. The molecule has 0 aliphatic rings. The van der Waals surface area contributed by atoms with Crippen molar-refractivity contribution in [3.8, 4) is 17.3 Å². The van der Waals surface area contributed by atoms with Crippen LogP contribution in [0.3, 0.4) is 0 Å². The van der Waals surface area contributed by atoms with Crippen LogP contribution < -0.4 is 33.9 Å². The molecule has 0 bridgehead atoms. The van der Waals surface area contributed by atoms with Crippen molar-refractivity contribution in [1.82, 2.24) is 20.1 Å². The molecule has 232 valence electrons. The Kier molecular flexibility index (Phi) is 11.9. The summed E-state index contributed by atoms with van der Waals surface area (Å²) in [5.41, 5.74) is -0.408. The van der Waals surface area contributed by atoms with Gasteiger partial charge in [-0.1, -0.05) is 19.1 Å². The van der Waals surface area contributed by atoms with Crippen molar-refractivity contribution in [2.75, 3.05) is 6.61 Å². The number of benzene rings is 2. The van der Waals surface area contributed by atoms with Gasteiger partial charge in [-0.05, 0) is 37.3 Å². The minimum absolute atomic E-state index is 0. The van der Waals surface area contributed by atoms with Gasteiger partial charge in [-0.15, -0.1) is 16.0 Å². The number of alkyl carbamates (subject to hydrolysis) is 1. The first kappa shape index (κ1) is 34.5. The second-order valence-corrected chi connectivity index (χ2v) is 10.8. The third-order valence-electron chi connectivity index (χ3n) is 6.59. The summed E-state index contributed by atoms with van der Waals surface area (Å²) in [6, 6.07) is 11.3. The molecule has 0 spiro atoms. The van der Waals surface area contributed by atoms with Gasteiger partial charge in [-0.25, -0.2) is 23.1 Å². The number of carbonyl (C=O) groups excluding carboxylic acids is 2. The number of amides is 1. The van der Waals surface area contributed by atoms with Crippen molar-refractivity contribution in [1.29, 1.82) is 5.26 Å². The Morgan fingerprint density at radius 3 is 2.61 bits per heavy atom. The van der Waals surface area contributed by atoms with Crippen LogP contribution in [-0.4, -0.2) is 44.6 Å². The Bertz CT molecular complexity index is 1640. The van der Waals surface area contributed by atoms with Gasteiger partial charge in [0.15, 0.2) is 0 Å². The van der Waals surface area contributed by atoms with Crippen molar-refractivity contribution in [3.63, 3.8) is 0 Å².